The largest absolute Gasteiger partial charge is 0.488 e. The second-order valence-corrected chi connectivity index (χ2v) is 7.42. The number of rotatable bonds is 3. The summed E-state index contributed by atoms with van der Waals surface area (Å²) in [6.45, 7) is 1.85. The number of aromatic nitrogens is 1. The Kier molecular flexibility index (Phi) is 4.23. The molecule has 3 fully saturated rings. The van der Waals surface area contributed by atoms with Gasteiger partial charge in [-0.25, -0.2) is 0 Å². The minimum atomic E-state index is 0.244. The van der Waals surface area contributed by atoms with Gasteiger partial charge < -0.3 is 9.64 Å². The molecule has 0 radical (unpaired) electrons. The molecule has 2 aliphatic carbocycles. The highest BCUT2D eigenvalue weighted by Crippen LogP contribution is 2.41. The van der Waals surface area contributed by atoms with E-state index in [4.69, 9.17) is 4.74 Å². The van der Waals surface area contributed by atoms with Crippen LogP contribution in [0.15, 0.2) is 24.5 Å². The Hall–Kier alpha value is -1.58. The first-order valence-corrected chi connectivity index (χ1v) is 9.17. The molecule has 1 saturated heterocycles. The van der Waals surface area contributed by atoms with E-state index < -0.39 is 0 Å². The molecule has 2 heterocycles. The van der Waals surface area contributed by atoms with Crippen LogP contribution in [0.1, 0.15) is 44.9 Å². The predicted octanol–water partition coefficient (Wildman–Crippen LogP) is 3.28. The first kappa shape index (κ1) is 15.0. The second kappa shape index (κ2) is 6.50. The average Bonchev–Trinajstić information content (AvgIpc) is 3.18. The highest BCUT2D eigenvalue weighted by Gasteiger charge is 2.46. The van der Waals surface area contributed by atoms with Gasteiger partial charge in [0.05, 0.1) is 6.20 Å². The van der Waals surface area contributed by atoms with Crippen LogP contribution in [0.2, 0.25) is 0 Å². The summed E-state index contributed by atoms with van der Waals surface area (Å²) >= 11 is 0. The molecular formula is C19H26N2O2. The van der Waals surface area contributed by atoms with Gasteiger partial charge in [-0.05, 0) is 43.7 Å². The fourth-order valence-corrected chi connectivity index (χ4v) is 4.74. The molecule has 23 heavy (non-hydrogen) atoms. The highest BCUT2D eigenvalue weighted by atomic mass is 16.5. The average molecular weight is 314 g/mol. The van der Waals surface area contributed by atoms with Crippen molar-refractivity contribution in [2.45, 2.75) is 51.0 Å². The standard InChI is InChI=1S/C19H26N2O2/c22-19(14-5-2-1-3-6-14)21-12-15-8-9-18(17(15)13-21)23-16-7-4-10-20-11-16/h4,7,10-11,14-15,17-18H,1-3,5-6,8-9,12-13H2/t15-,17+,18-/m1/s1. The smallest absolute Gasteiger partial charge is 0.225 e. The van der Waals surface area contributed by atoms with E-state index in [-0.39, 0.29) is 6.10 Å². The molecular weight excluding hydrogens is 288 g/mol. The van der Waals surface area contributed by atoms with E-state index in [1.165, 1.54) is 25.7 Å². The zero-order valence-corrected chi connectivity index (χ0v) is 13.7. The number of pyridine rings is 1. The van der Waals surface area contributed by atoms with Crippen LogP contribution in [-0.2, 0) is 4.79 Å². The van der Waals surface area contributed by atoms with E-state index in [2.05, 4.69) is 9.88 Å². The summed E-state index contributed by atoms with van der Waals surface area (Å²) in [5.41, 5.74) is 0. The summed E-state index contributed by atoms with van der Waals surface area (Å²) in [6, 6.07) is 3.88. The lowest BCUT2D eigenvalue weighted by Crippen LogP contribution is -2.37. The third-order valence-corrected chi connectivity index (χ3v) is 5.98. The first-order chi connectivity index (χ1) is 11.3. The lowest BCUT2D eigenvalue weighted by Gasteiger charge is -2.27. The zero-order valence-electron chi connectivity index (χ0n) is 13.7. The summed E-state index contributed by atoms with van der Waals surface area (Å²) in [4.78, 5) is 19.0. The van der Waals surface area contributed by atoms with Crippen molar-refractivity contribution in [3.63, 3.8) is 0 Å². The van der Waals surface area contributed by atoms with Crippen LogP contribution in [0.5, 0.6) is 5.75 Å². The Morgan fingerprint density at radius 1 is 1.13 bits per heavy atom. The van der Waals surface area contributed by atoms with Crippen molar-refractivity contribution in [3.8, 4) is 5.75 Å². The van der Waals surface area contributed by atoms with Crippen molar-refractivity contribution in [2.75, 3.05) is 13.1 Å². The molecule has 0 bridgehead atoms. The molecule has 3 atom stereocenters. The zero-order chi connectivity index (χ0) is 15.6. The monoisotopic (exact) mass is 314 g/mol. The number of nitrogens with zero attached hydrogens (tertiary/aromatic N) is 2. The van der Waals surface area contributed by atoms with E-state index in [9.17, 15) is 4.79 Å². The van der Waals surface area contributed by atoms with Crippen LogP contribution in [0.3, 0.4) is 0 Å². The summed E-state index contributed by atoms with van der Waals surface area (Å²) in [7, 11) is 0. The molecule has 0 aromatic carbocycles. The van der Waals surface area contributed by atoms with Crippen molar-refractivity contribution in [2.24, 2.45) is 17.8 Å². The number of hydrogen-bond acceptors (Lipinski definition) is 3. The van der Waals surface area contributed by atoms with Crippen LogP contribution in [0.4, 0.5) is 0 Å². The fraction of sp³-hybridized carbons (Fsp3) is 0.684. The molecule has 124 valence electrons. The molecule has 0 unspecified atom stereocenters. The number of fused-ring (bicyclic) bond motifs is 1. The molecule has 0 N–H and O–H groups in total. The van der Waals surface area contributed by atoms with E-state index in [1.807, 2.05) is 12.1 Å². The van der Waals surface area contributed by atoms with Gasteiger partial charge in [-0.1, -0.05) is 19.3 Å². The molecule has 1 amide bonds. The van der Waals surface area contributed by atoms with Crippen molar-refractivity contribution >= 4 is 5.91 Å². The molecule has 1 aromatic heterocycles. The van der Waals surface area contributed by atoms with Gasteiger partial charge in [0.1, 0.15) is 11.9 Å². The van der Waals surface area contributed by atoms with Crippen molar-refractivity contribution < 1.29 is 9.53 Å². The lowest BCUT2D eigenvalue weighted by atomic mass is 9.88. The van der Waals surface area contributed by atoms with Gasteiger partial charge in [0, 0.05) is 31.1 Å². The summed E-state index contributed by atoms with van der Waals surface area (Å²) < 4.78 is 6.16. The summed E-state index contributed by atoms with van der Waals surface area (Å²) in [5, 5.41) is 0. The van der Waals surface area contributed by atoms with E-state index in [1.54, 1.807) is 12.4 Å². The number of carbonyl (C=O) groups excluding carboxylic acids is 1. The quantitative estimate of drug-likeness (QED) is 0.860. The van der Waals surface area contributed by atoms with Gasteiger partial charge in [0.15, 0.2) is 0 Å². The van der Waals surface area contributed by atoms with Gasteiger partial charge in [0.2, 0.25) is 5.91 Å². The fourth-order valence-electron chi connectivity index (χ4n) is 4.74. The van der Waals surface area contributed by atoms with Crippen LogP contribution < -0.4 is 4.74 Å². The number of carbonyl (C=O) groups is 1. The molecule has 4 heteroatoms. The maximum absolute atomic E-state index is 12.8. The van der Waals surface area contributed by atoms with E-state index in [0.717, 1.165) is 38.1 Å². The lowest BCUT2D eigenvalue weighted by molar-refractivity contribution is -0.135. The van der Waals surface area contributed by atoms with Crippen molar-refractivity contribution in [3.05, 3.63) is 24.5 Å². The molecule has 0 spiro atoms. The molecule has 2 saturated carbocycles. The Labute approximate surface area is 138 Å². The molecule has 3 aliphatic rings. The summed E-state index contributed by atoms with van der Waals surface area (Å²) in [6.07, 6.45) is 12.0. The van der Waals surface area contributed by atoms with Crippen LogP contribution in [-0.4, -0.2) is 35.0 Å². The molecule has 4 rings (SSSR count). The Morgan fingerprint density at radius 3 is 2.78 bits per heavy atom. The summed E-state index contributed by atoms with van der Waals surface area (Å²) in [5.74, 6) is 2.70. The minimum absolute atomic E-state index is 0.244. The Balaban J connectivity index is 1.38. The maximum Gasteiger partial charge on any atom is 0.225 e. The van der Waals surface area contributed by atoms with Crippen LogP contribution >= 0.6 is 0 Å². The molecule has 1 aliphatic heterocycles. The van der Waals surface area contributed by atoms with E-state index in [0.29, 0.717) is 23.7 Å². The van der Waals surface area contributed by atoms with Gasteiger partial charge in [-0.15, -0.1) is 0 Å². The maximum atomic E-state index is 12.8. The molecule has 4 nitrogen and oxygen atoms in total. The molecule has 1 aromatic rings. The Bertz CT molecular complexity index is 542. The van der Waals surface area contributed by atoms with Gasteiger partial charge >= 0.3 is 0 Å². The van der Waals surface area contributed by atoms with Gasteiger partial charge in [0.25, 0.3) is 0 Å². The minimum Gasteiger partial charge on any atom is -0.488 e. The van der Waals surface area contributed by atoms with Crippen molar-refractivity contribution in [1.82, 2.24) is 9.88 Å². The normalized spacial score (nSPS) is 31.1. The van der Waals surface area contributed by atoms with E-state index >= 15 is 0 Å². The van der Waals surface area contributed by atoms with Gasteiger partial charge in [-0.3, -0.25) is 9.78 Å². The third-order valence-electron chi connectivity index (χ3n) is 5.98. The number of hydrogen-bond donors (Lipinski definition) is 0. The topological polar surface area (TPSA) is 42.4 Å². The van der Waals surface area contributed by atoms with Crippen LogP contribution in [0, 0.1) is 17.8 Å². The second-order valence-electron chi connectivity index (χ2n) is 7.42. The highest BCUT2D eigenvalue weighted by molar-refractivity contribution is 5.79. The number of ether oxygens (including phenoxy) is 1. The number of amides is 1. The van der Waals surface area contributed by atoms with Crippen LogP contribution in [0.25, 0.3) is 0 Å². The third kappa shape index (κ3) is 3.08. The Morgan fingerprint density at radius 2 is 2.00 bits per heavy atom. The van der Waals surface area contributed by atoms with Gasteiger partial charge in [-0.2, -0.15) is 0 Å². The first-order valence-electron chi connectivity index (χ1n) is 9.17. The number of likely N-dealkylation sites (tertiary alicyclic amines) is 1. The van der Waals surface area contributed by atoms with Crippen molar-refractivity contribution in [1.29, 1.82) is 0 Å². The predicted molar refractivity (Wildman–Crippen MR) is 88.0 cm³/mol. The SMILES string of the molecule is O=C(C1CCCCC1)N1C[C@H]2CC[C@@H](Oc3cccnc3)[C@H]2C1.